The lowest BCUT2D eigenvalue weighted by Crippen LogP contribution is -2.33. The molecule has 1 aliphatic heterocycles. The van der Waals surface area contributed by atoms with Crippen molar-refractivity contribution in [3.05, 3.63) is 99.7 Å². The SMILES string of the molecule is COc1cc(C=Cc2nc3n(n2)CCCC3(N=[N+]=[N-])c2ccc(F)cc2)ccc1-n1cnc(C)c1. The lowest BCUT2D eigenvalue weighted by Gasteiger charge is -2.32. The highest BCUT2D eigenvalue weighted by Crippen LogP contribution is 2.40. The zero-order chi connectivity index (χ0) is 24.4. The van der Waals surface area contributed by atoms with Crippen LogP contribution in [-0.2, 0) is 12.1 Å². The van der Waals surface area contributed by atoms with Crippen molar-refractivity contribution >= 4 is 12.2 Å². The van der Waals surface area contributed by atoms with Crippen molar-refractivity contribution in [2.75, 3.05) is 7.11 Å². The normalized spacial score (nSPS) is 17.2. The third-order valence-electron chi connectivity index (χ3n) is 6.12. The van der Waals surface area contributed by atoms with Crippen LogP contribution in [0.1, 0.15) is 41.3 Å². The van der Waals surface area contributed by atoms with Gasteiger partial charge in [-0.2, -0.15) is 5.10 Å². The number of methoxy groups -OCH3 is 1. The van der Waals surface area contributed by atoms with E-state index in [1.807, 2.05) is 48.0 Å². The fourth-order valence-corrected chi connectivity index (χ4v) is 4.45. The third kappa shape index (κ3) is 4.15. The number of ether oxygens (including phenoxy) is 1. The van der Waals surface area contributed by atoms with Crippen LogP contribution in [0.4, 0.5) is 4.39 Å². The molecular weight excluding hydrogens is 447 g/mol. The van der Waals surface area contributed by atoms with Crippen LogP contribution in [0.5, 0.6) is 5.75 Å². The number of halogens is 1. The molecule has 0 radical (unpaired) electrons. The monoisotopic (exact) mass is 470 g/mol. The van der Waals surface area contributed by atoms with Crippen molar-refractivity contribution < 1.29 is 9.13 Å². The molecule has 1 unspecified atom stereocenters. The Kier molecular flexibility index (Phi) is 5.80. The van der Waals surface area contributed by atoms with Crippen molar-refractivity contribution in [1.29, 1.82) is 0 Å². The van der Waals surface area contributed by atoms with Crippen molar-refractivity contribution in [3.8, 4) is 11.4 Å². The smallest absolute Gasteiger partial charge is 0.174 e. The number of imidazole rings is 1. The summed E-state index contributed by atoms with van der Waals surface area (Å²) in [5.74, 6) is 1.40. The Hall–Kier alpha value is -4.43. The first-order valence-electron chi connectivity index (χ1n) is 11.2. The van der Waals surface area contributed by atoms with Gasteiger partial charge in [0.15, 0.2) is 5.82 Å². The zero-order valence-electron chi connectivity index (χ0n) is 19.3. The van der Waals surface area contributed by atoms with E-state index >= 15 is 0 Å². The van der Waals surface area contributed by atoms with Crippen LogP contribution < -0.4 is 4.74 Å². The summed E-state index contributed by atoms with van der Waals surface area (Å²) in [4.78, 5) is 12.1. The maximum absolute atomic E-state index is 13.5. The number of benzene rings is 2. The largest absolute Gasteiger partial charge is 0.495 e. The quantitative estimate of drug-likeness (QED) is 0.212. The molecule has 35 heavy (non-hydrogen) atoms. The predicted molar refractivity (Wildman–Crippen MR) is 129 cm³/mol. The van der Waals surface area contributed by atoms with E-state index in [2.05, 4.69) is 20.1 Å². The third-order valence-corrected chi connectivity index (χ3v) is 6.12. The highest BCUT2D eigenvalue weighted by Gasteiger charge is 2.41. The minimum Gasteiger partial charge on any atom is -0.495 e. The highest BCUT2D eigenvalue weighted by molar-refractivity contribution is 5.69. The molecule has 0 saturated carbocycles. The molecule has 0 saturated heterocycles. The Balaban J connectivity index is 1.48. The van der Waals surface area contributed by atoms with Gasteiger partial charge in [0.1, 0.15) is 22.9 Å². The van der Waals surface area contributed by atoms with E-state index in [9.17, 15) is 9.92 Å². The van der Waals surface area contributed by atoms with Crippen molar-refractivity contribution in [1.82, 2.24) is 24.3 Å². The molecule has 0 N–H and O–H groups in total. The molecule has 5 rings (SSSR count). The second kappa shape index (κ2) is 9.08. The Bertz CT molecular complexity index is 1450. The van der Waals surface area contributed by atoms with Gasteiger partial charge in [0, 0.05) is 17.7 Å². The van der Waals surface area contributed by atoms with Gasteiger partial charge >= 0.3 is 0 Å². The summed E-state index contributed by atoms with van der Waals surface area (Å²) in [5, 5.41) is 8.75. The topological polar surface area (TPSA) is 107 Å². The number of azide groups is 1. The number of rotatable bonds is 6. The number of hydrogen-bond acceptors (Lipinski definition) is 5. The fraction of sp³-hybridized carbons (Fsp3) is 0.240. The minimum absolute atomic E-state index is 0.352. The van der Waals surface area contributed by atoms with E-state index in [1.165, 1.54) is 12.1 Å². The van der Waals surface area contributed by atoms with Gasteiger partial charge in [-0.1, -0.05) is 29.4 Å². The first-order chi connectivity index (χ1) is 17.0. The average Bonchev–Trinajstić information content (AvgIpc) is 3.50. The molecule has 2 aromatic carbocycles. The van der Waals surface area contributed by atoms with Crippen LogP contribution in [0.25, 0.3) is 28.3 Å². The minimum atomic E-state index is -1.03. The van der Waals surface area contributed by atoms with Gasteiger partial charge in [-0.25, -0.2) is 19.0 Å². The van der Waals surface area contributed by atoms with Gasteiger partial charge in [-0.05, 0) is 66.8 Å². The first kappa shape index (κ1) is 22.4. The van der Waals surface area contributed by atoms with E-state index in [4.69, 9.17) is 9.72 Å². The van der Waals surface area contributed by atoms with Gasteiger partial charge in [0.2, 0.25) is 0 Å². The predicted octanol–water partition coefficient (Wildman–Crippen LogP) is 5.44. The maximum atomic E-state index is 13.5. The summed E-state index contributed by atoms with van der Waals surface area (Å²) in [5.41, 5.74) is 11.7. The number of aryl methyl sites for hydroxylation is 2. The average molecular weight is 471 g/mol. The Morgan fingerprint density at radius 3 is 2.74 bits per heavy atom. The Morgan fingerprint density at radius 1 is 1.20 bits per heavy atom. The summed E-state index contributed by atoms with van der Waals surface area (Å²) in [6.07, 6.45) is 8.72. The van der Waals surface area contributed by atoms with Crippen molar-refractivity contribution in [2.45, 2.75) is 31.8 Å². The van der Waals surface area contributed by atoms with Crippen LogP contribution in [-0.4, -0.2) is 31.4 Å². The van der Waals surface area contributed by atoms with Crippen LogP contribution in [0.3, 0.4) is 0 Å². The number of hydrogen-bond donors (Lipinski definition) is 0. The van der Waals surface area contributed by atoms with Gasteiger partial charge < -0.3 is 9.30 Å². The molecule has 0 amide bonds. The molecule has 10 heteroatoms. The van der Waals surface area contributed by atoms with E-state index < -0.39 is 5.54 Å². The van der Waals surface area contributed by atoms with Crippen LogP contribution in [0.2, 0.25) is 0 Å². The van der Waals surface area contributed by atoms with Gasteiger partial charge in [0.05, 0.1) is 24.8 Å². The van der Waals surface area contributed by atoms with Gasteiger partial charge in [-0.3, -0.25) is 0 Å². The first-order valence-corrected chi connectivity index (χ1v) is 11.2. The molecule has 3 heterocycles. The Labute approximate surface area is 201 Å². The molecule has 4 aromatic rings. The van der Waals surface area contributed by atoms with Gasteiger partial charge in [-0.15, -0.1) is 0 Å². The van der Waals surface area contributed by atoms with Crippen molar-refractivity contribution in [2.24, 2.45) is 5.11 Å². The lowest BCUT2D eigenvalue weighted by molar-refractivity contribution is 0.342. The molecule has 1 atom stereocenters. The highest BCUT2D eigenvalue weighted by atomic mass is 19.1. The van der Waals surface area contributed by atoms with E-state index in [-0.39, 0.29) is 5.82 Å². The van der Waals surface area contributed by atoms with Crippen molar-refractivity contribution in [3.63, 3.8) is 0 Å². The maximum Gasteiger partial charge on any atom is 0.174 e. The lowest BCUT2D eigenvalue weighted by atomic mass is 9.83. The molecule has 0 bridgehead atoms. The second-order valence-corrected chi connectivity index (χ2v) is 8.36. The second-order valence-electron chi connectivity index (χ2n) is 8.36. The summed E-state index contributed by atoms with van der Waals surface area (Å²) in [7, 11) is 1.63. The molecule has 9 nitrogen and oxygen atoms in total. The van der Waals surface area contributed by atoms with Crippen LogP contribution in [0.15, 0.2) is 60.1 Å². The summed E-state index contributed by atoms with van der Waals surface area (Å²) in [6, 6.07) is 11.9. The van der Waals surface area contributed by atoms with Gasteiger partial charge in [0.25, 0.3) is 0 Å². The number of nitrogens with zero attached hydrogens (tertiary/aromatic N) is 8. The Morgan fingerprint density at radius 2 is 2.03 bits per heavy atom. The zero-order valence-corrected chi connectivity index (χ0v) is 19.3. The number of fused-ring (bicyclic) bond motifs is 1. The molecular formula is C25H23FN8O. The molecule has 2 aromatic heterocycles. The number of aromatic nitrogens is 5. The molecule has 1 aliphatic rings. The van der Waals surface area contributed by atoms with Crippen LogP contribution in [0, 0.1) is 12.7 Å². The molecule has 0 spiro atoms. The van der Waals surface area contributed by atoms with E-state index in [0.717, 1.165) is 23.4 Å². The van der Waals surface area contributed by atoms with E-state index in [1.54, 1.807) is 30.3 Å². The summed E-state index contributed by atoms with van der Waals surface area (Å²) < 4.78 is 22.8. The molecule has 0 aliphatic carbocycles. The van der Waals surface area contributed by atoms with Crippen LogP contribution >= 0.6 is 0 Å². The molecule has 176 valence electrons. The summed E-state index contributed by atoms with van der Waals surface area (Å²) >= 11 is 0. The fourth-order valence-electron chi connectivity index (χ4n) is 4.45. The standard InChI is InChI=1S/C25H23FN8O/c1-17-15-33(16-28-17)21-10-4-18(14-22(21)35-2)5-11-23-29-24-25(31-32-27,12-3-13-34(24)30-23)19-6-8-20(26)9-7-19/h4-11,14-16H,3,12-13H2,1-2H3. The summed E-state index contributed by atoms with van der Waals surface area (Å²) in [6.45, 7) is 2.59. The molecule has 0 fully saturated rings. The van der Waals surface area contributed by atoms with E-state index in [0.29, 0.717) is 35.9 Å².